The van der Waals surface area contributed by atoms with Gasteiger partial charge in [0.15, 0.2) is 0 Å². The van der Waals surface area contributed by atoms with Gasteiger partial charge in [-0.15, -0.1) is 0 Å². The number of rotatable bonds is 8. The van der Waals surface area contributed by atoms with Crippen molar-refractivity contribution in [2.24, 2.45) is 0 Å². The number of piperidine rings is 1. The summed E-state index contributed by atoms with van der Waals surface area (Å²) in [6.45, 7) is 2.86. The average molecular weight is 361 g/mol. The van der Waals surface area contributed by atoms with Crippen LogP contribution in [0.25, 0.3) is 0 Å². The fourth-order valence-electron chi connectivity index (χ4n) is 2.61. The lowest BCUT2D eigenvalue weighted by molar-refractivity contribution is -0.130. The molecule has 1 aromatic rings. The number of likely N-dealkylation sites (N-methyl/N-ethyl adjacent to an activating group) is 1. The number of halogens is 2. The number of carbonyl (C=O) groups is 1. The van der Waals surface area contributed by atoms with E-state index in [0.717, 1.165) is 31.7 Å². The maximum atomic E-state index is 12.2. The molecule has 0 aliphatic carbocycles. The van der Waals surface area contributed by atoms with Crippen molar-refractivity contribution in [3.05, 3.63) is 23.7 Å². The number of nitrogens with one attached hydrogen (secondary N) is 1. The number of amides is 1. The molecule has 1 N–H and O–H groups in total. The van der Waals surface area contributed by atoms with Gasteiger partial charge in [-0.25, -0.2) is 0 Å². The molecule has 5 nitrogen and oxygen atoms in total. The van der Waals surface area contributed by atoms with E-state index in [0.29, 0.717) is 36.7 Å². The number of hydrogen-bond acceptors (Lipinski definition) is 5. The molecule has 0 aromatic carbocycles. The third kappa shape index (κ3) is 6.41. The smallest absolute Gasteiger partial charge is 0.284 e. The predicted molar refractivity (Wildman–Crippen MR) is 91.0 cm³/mol. The molecule has 0 unspecified atom stereocenters. The molecule has 136 valence electrons. The molecule has 0 atom stereocenters. The average Bonchev–Trinajstić information content (AvgIpc) is 3.00. The van der Waals surface area contributed by atoms with E-state index in [2.05, 4.69) is 10.2 Å². The highest BCUT2D eigenvalue weighted by Crippen LogP contribution is 2.21. The van der Waals surface area contributed by atoms with Crippen molar-refractivity contribution in [2.75, 3.05) is 33.7 Å². The van der Waals surface area contributed by atoms with Crippen LogP contribution in [0.5, 0.6) is 0 Å². The van der Waals surface area contributed by atoms with Crippen LogP contribution in [0.3, 0.4) is 0 Å². The van der Waals surface area contributed by atoms with E-state index in [-0.39, 0.29) is 11.7 Å². The van der Waals surface area contributed by atoms with Gasteiger partial charge >= 0.3 is 0 Å². The molecule has 1 amide bonds. The van der Waals surface area contributed by atoms with Crippen LogP contribution in [-0.4, -0.2) is 61.2 Å². The van der Waals surface area contributed by atoms with E-state index in [9.17, 15) is 13.6 Å². The largest absolute Gasteiger partial charge is 0.464 e. The van der Waals surface area contributed by atoms with Gasteiger partial charge < -0.3 is 14.6 Å². The van der Waals surface area contributed by atoms with Gasteiger partial charge in [-0.1, -0.05) is 11.8 Å². The topological polar surface area (TPSA) is 48.7 Å². The number of alkyl halides is 2. The Hall–Kier alpha value is -1.12. The second kappa shape index (κ2) is 9.39. The van der Waals surface area contributed by atoms with Gasteiger partial charge in [-0.3, -0.25) is 9.69 Å². The molecule has 0 spiro atoms. The Balaban J connectivity index is 1.66. The predicted octanol–water partition coefficient (Wildman–Crippen LogP) is 2.38. The minimum Gasteiger partial charge on any atom is -0.464 e. The molecule has 8 heteroatoms. The zero-order valence-electron chi connectivity index (χ0n) is 14.1. The highest BCUT2D eigenvalue weighted by Gasteiger charge is 2.21. The Morgan fingerprint density at radius 3 is 2.67 bits per heavy atom. The second-order valence-corrected chi connectivity index (χ2v) is 7.14. The molecule has 2 heterocycles. The van der Waals surface area contributed by atoms with Crippen molar-refractivity contribution in [3.63, 3.8) is 0 Å². The van der Waals surface area contributed by atoms with Gasteiger partial charge in [0.25, 0.3) is 5.76 Å². The summed E-state index contributed by atoms with van der Waals surface area (Å²) in [6, 6.07) is 3.97. The van der Waals surface area contributed by atoms with Crippen molar-refractivity contribution >= 4 is 17.7 Å². The summed E-state index contributed by atoms with van der Waals surface area (Å²) in [5.74, 6) is -0.706. The minimum atomic E-state index is -2.37. The first kappa shape index (κ1) is 19.2. The summed E-state index contributed by atoms with van der Waals surface area (Å²) in [4.78, 5) is 15.5. The number of carbonyl (C=O) groups excluding carboxylic acids is 1. The number of likely N-dealkylation sites (tertiary alicyclic amines) is 1. The van der Waals surface area contributed by atoms with Gasteiger partial charge in [-0.05, 0) is 25.0 Å². The molecule has 0 bridgehead atoms. The van der Waals surface area contributed by atoms with Gasteiger partial charge in [0.2, 0.25) is 5.91 Å². The van der Waals surface area contributed by atoms with Gasteiger partial charge in [0.05, 0.1) is 18.8 Å². The molecule has 2 rings (SSSR count). The molecule has 1 aromatic heterocycles. The maximum Gasteiger partial charge on any atom is 0.284 e. The Labute approximate surface area is 145 Å². The standard InChI is InChI=1S/C16H25F2N3O2S/c1-20(2)15(22)10-21-7-5-12(6-8-21)19-9-13-3-4-14(23-13)11-24-16(17)18/h3-4,12,16,19H,5-11H2,1-2H3. The van der Waals surface area contributed by atoms with Gasteiger partial charge in [0.1, 0.15) is 11.5 Å². The van der Waals surface area contributed by atoms with Crippen LogP contribution in [0.1, 0.15) is 24.4 Å². The molecular formula is C16H25F2N3O2S. The van der Waals surface area contributed by atoms with E-state index < -0.39 is 5.76 Å². The lowest BCUT2D eigenvalue weighted by Crippen LogP contribution is -2.45. The Bertz CT molecular complexity index is 517. The Morgan fingerprint density at radius 1 is 1.38 bits per heavy atom. The Kier molecular flexibility index (Phi) is 7.51. The minimum absolute atomic E-state index is 0.131. The van der Waals surface area contributed by atoms with Crippen LogP contribution >= 0.6 is 11.8 Å². The summed E-state index contributed by atoms with van der Waals surface area (Å²) >= 11 is 0.567. The quantitative estimate of drug-likeness (QED) is 0.770. The van der Waals surface area contributed by atoms with Crippen LogP contribution in [0.2, 0.25) is 0 Å². The normalized spacial score (nSPS) is 16.7. The van der Waals surface area contributed by atoms with Crippen molar-refractivity contribution < 1.29 is 18.0 Å². The zero-order chi connectivity index (χ0) is 17.5. The maximum absolute atomic E-state index is 12.2. The highest BCUT2D eigenvalue weighted by atomic mass is 32.2. The van der Waals surface area contributed by atoms with E-state index in [1.807, 2.05) is 6.07 Å². The van der Waals surface area contributed by atoms with E-state index in [1.54, 1.807) is 25.1 Å². The summed E-state index contributed by atoms with van der Waals surface area (Å²) in [7, 11) is 3.54. The molecule has 0 radical (unpaired) electrons. The fourth-order valence-corrected chi connectivity index (χ4v) is 3.06. The first-order valence-electron chi connectivity index (χ1n) is 8.07. The third-order valence-corrected chi connectivity index (χ3v) is 4.78. The Morgan fingerprint density at radius 2 is 2.04 bits per heavy atom. The van der Waals surface area contributed by atoms with Gasteiger partial charge in [0, 0.05) is 33.2 Å². The number of furan rings is 1. The fraction of sp³-hybridized carbons (Fsp3) is 0.688. The first-order chi connectivity index (χ1) is 11.4. The lowest BCUT2D eigenvalue weighted by atomic mass is 10.0. The van der Waals surface area contributed by atoms with Crippen molar-refractivity contribution in [3.8, 4) is 0 Å². The van der Waals surface area contributed by atoms with Crippen LogP contribution in [-0.2, 0) is 17.1 Å². The summed E-state index contributed by atoms with van der Waals surface area (Å²) < 4.78 is 29.9. The van der Waals surface area contributed by atoms with Crippen molar-refractivity contribution in [2.45, 2.75) is 36.9 Å². The molecule has 1 aliphatic heterocycles. The number of thioether (sulfide) groups is 1. The number of hydrogen-bond donors (Lipinski definition) is 1. The monoisotopic (exact) mass is 361 g/mol. The van der Waals surface area contributed by atoms with Crippen molar-refractivity contribution in [1.29, 1.82) is 0 Å². The lowest BCUT2D eigenvalue weighted by Gasteiger charge is -2.32. The van der Waals surface area contributed by atoms with E-state index in [4.69, 9.17) is 4.42 Å². The molecule has 0 saturated carbocycles. The van der Waals surface area contributed by atoms with E-state index in [1.165, 1.54) is 0 Å². The van der Waals surface area contributed by atoms with Crippen LogP contribution in [0.15, 0.2) is 16.5 Å². The summed E-state index contributed by atoms with van der Waals surface area (Å²) in [5.41, 5.74) is 0. The summed E-state index contributed by atoms with van der Waals surface area (Å²) in [6.07, 6.45) is 1.96. The highest BCUT2D eigenvalue weighted by molar-refractivity contribution is 7.98. The molecule has 1 fully saturated rings. The zero-order valence-corrected chi connectivity index (χ0v) is 15.0. The van der Waals surface area contributed by atoms with Crippen LogP contribution in [0, 0.1) is 0 Å². The first-order valence-corrected chi connectivity index (χ1v) is 9.12. The third-order valence-electron chi connectivity index (χ3n) is 4.08. The number of nitrogens with zero attached hydrogens (tertiary/aromatic N) is 2. The summed E-state index contributed by atoms with van der Waals surface area (Å²) in [5, 5.41) is 3.44. The molecule has 1 saturated heterocycles. The van der Waals surface area contributed by atoms with Gasteiger partial charge in [-0.2, -0.15) is 8.78 Å². The van der Waals surface area contributed by atoms with Crippen LogP contribution in [0.4, 0.5) is 8.78 Å². The SMILES string of the molecule is CN(C)C(=O)CN1CCC(NCc2ccc(CSC(F)F)o2)CC1. The molecule has 1 aliphatic rings. The second-order valence-electron chi connectivity index (χ2n) is 6.16. The molecule has 24 heavy (non-hydrogen) atoms. The van der Waals surface area contributed by atoms with Crippen LogP contribution < -0.4 is 5.32 Å². The van der Waals surface area contributed by atoms with E-state index >= 15 is 0 Å². The molecular weight excluding hydrogens is 336 g/mol. The van der Waals surface area contributed by atoms with Crippen molar-refractivity contribution in [1.82, 2.24) is 15.1 Å².